The number of ether oxygens (including phenoxy) is 1. The topological polar surface area (TPSA) is 69.9 Å². The highest BCUT2D eigenvalue weighted by Crippen LogP contribution is 2.36. The molecule has 2 aromatic carbocycles. The highest BCUT2D eigenvalue weighted by Gasteiger charge is 2.34. The summed E-state index contributed by atoms with van der Waals surface area (Å²) in [5.74, 6) is 0.604. The van der Waals surface area contributed by atoms with Crippen LogP contribution in [0.4, 0.5) is 0 Å². The molecular weight excluding hydrogens is 420 g/mol. The number of benzene rings is 2. The average Bonchev–Trinajstić information content (AvgIpc) is 3.35. The van der Waals surface area contributed by atoms with Crippen molar-refractivity contribution in [1.29, 1.82) is 0 Å². The summed E-state index contributed by atoms with van der Waals surface area (Å²) < 4.78 is 7.39. The molecule has 3 heterocycles. The smallest absolute Gasteiger partial charge is 0.319 e. The van der Waals surface area contributed by atoms with Gasteiger partial charge in [-0.1, -0.05) is 59.8 Å². The van der Waals surface area contributed by atoms with E-state index in [1.54, 1.807) is 0 Å². The van der Waals surface area contributed by atoms with Gasteiger partial charge in [-0.2, -0.15) is 0 Å². The summed E-state index contributed by atoms with van der Waals surface area (Å²) >= 11 is 1.44. The van der Waals surface area contributed by atoms with Gasteiger partial charge in [0.2, 0.25) is 0 Å². The zero-order valence-electron chi connectivity index (χ0n) is 18.3. The van der Waals surface area contributed by atoms with Gasteiger partial charge in [0.05, 0.1) is 11.2 Å². The molecule has 7 heteroatoms. The van der Waals surface area contributed by atoms with Gasteiger partial charge >= 0.3 is 5.97 Å². The van der Waals surface area contributed by atoms with E-state index in [1.807, 2.05) is 25.1 Å². The van der Waals surface area contributed by atoms with Gasteiger partial charge < -0.3 is 9.30 Å². The summed E-state index contributed by atoms with van der Waals surface area (Å²) in [6.45, 7) is 6.76. The van der Waals surface area contributed by atoms with E-state index >= 15 is 0 Å². The van der Waals surface area contributed by atoms with Crippen molar-refractivity contribution in [3.63, 3.8) is 0 Å². The van der Waals surface area contributed by atoms with Crippen LogP contribution in [0.2, 0.25) is 0 Å². The maximum Gasteiger partial charge on any atom is 0.319 e. The normalized spacial score (nSPS) is 18.3. The first-order valence-corrected chi connectivity index (χ1v) is 11.7. The van der Waals surface area contributed by atoms with Crippen LogP contribution in [0.3, 0.4) is 0 Å². The second kappa shape index (κ2) is 8.39. The number of cyclic esters (lactones) is 1. The molecular formula is C25H24N4O2S. The van der Waals surface area contributed by atoms with Gasteiger partial charge in [0.1, 0.15) is 11.4 Å². The maximum absolute atomic E-state index is 12.2. The third-order valence-electron chi connectivity index (χ3n) is 5.71. The molecule has 0 amide bonds. The molecule has 2 atom stereocenters. The van der Waals surface area contributed by atoms with E-state index in [2.05, 4.69) is 65.0 Å². The summed E-state index contributed by atoms with van der Waals surface area (Å²) in [6.07, 6.45) is 0.629. The molecule has 32 heavy (non-hydrogen) atoms. The Kier molecular flexibility index (Phi) is 5.43. The van der Waals surface area contributed by atoms with Crippen LogP contribution in [0.25, 0.3) is 33.5 Å². The monoisotopic (exact) mass is 444 g/mol. The molecule has 1 saturated heterocycles. The van der Waals surface area contributed by atoms with Gasteiger partial charge in [-0.05, 0) is 32.9 Å². The number of carbonyl (C=O) groups is 1. The Bertz CT molecular complexity index is 1300. The maximum atomic E-state index is 12.2. The summed E-state index contributed by atoms with van der Waals surface area (Å²) in [4.78, 5) is 17.1. The second-order valence-electron chi connectivity index (χ2n) is 8.08. The van der Waals surface area contributed by atoms with Crippen LogP contribution in [0.15, 0.2) is 59.8 Å². The van der Waals surface area contributed by atoms with Gasteiger partial charge in [-0.3, -0.25) is 4.79 Å². The van der Waals surface area contributed by atoms with Crippen molar-refractivity contribution >= 4 is 28.6 Å². The van der Waals surface area contributed by atoms with Crippen molar-refractivity contribution in [2.45, 2.75) is 50.2 Å². The number of hydrogen-bond acceptors (Lipinski definition) is 6. The number of esters is 1. The van der Waals surface area contributed by atoms with Crippen LogP contribution in [0.5, 0.6) is 0 Å². The number of aromatic nitrogens is 4. The summed E-state index contributed by atoms with van der Waals surface area (Å²) in [6, 6.07) is 18.6. The Morgan fingerprint density at radius 1 is 1.12 bits per heavy atom. The molecule has 0 bridgehead atoms. The van der Waals surface area contributed by atoms with Crippen molar-refractivity contribution in [3.05, 3.63) is 60.2 Å². The van der Waals surface area contributed by atoms with E-state index in [1.165, 1.54) is 17.3 Å². The van der Waals surface area contributed by atoms with E-state index < -0.39 is 0 Å². The minimum Gasteiger partial charge on any atom is -0.462 e. The van der Waals surface area contributed by atoms with Crippen LogP contribution in [0.1, 0.15) is 25.8 Å². The lowest BCUT2D eigenvalue weighted by Crippen LogP contribution is -2.11. The number of carbonyl (C=O) groups excluding carboxylic acids is 1. The van der Waals surface area contributed by atoms with Gasteiger partial charge in [-0.25, -0.2) is 4.98 Å². The Morgan fingerprint density at radius 2 is 1.91 bits per heavy atom. The summed E-state index contributed by atoms with van der Waals surface area (Å²) in [7, 11) is 0. The van der Waals surface area contributed by atoms with Gasteiger partial charge in [0.25, 0.3) is 0 Å². The second-order valence-corrected chi connectivity index (χ2v) is 9.25. The Hall–Kier alpha value is -3.19. The highest BCUT2D eigenvalue weighted by molar-refractivity contribution is 8.00. The molecule has 6 nitrogen and oxygen atoms in total. The fourth-order valence-corrected chi connectivity index (χ4v) is 5.24. The fraction of sp³-hybridized carbons (Fsp3) is 0.280. The van der Waals surface area contributed by atoms with Crippen LogP contribution in [-0.2, 0) is 16.1 Å². The van der Waals surface area contributed by atoms with E-state index in [0.29, 0.717) is 13.0 Å². The highest BCUT2D eigenvalue weighted by atomic mass is 32.2. The molecule has 1 aliphatic rings. The fourth-order valence-electron chi connectivity index (χ4n) is 4.04. The third kappa shape index (κ3) is 3.77. The Balaban J connectivity index is 1.62. The summed E-state index contributed by atoms with van der Waals surface area (Å²) in [5.41, 5.74) is 5.06. The lowest BCUT2D eigenvalue weighted by Gasteiger charge is -2.12. The van der Waals surface area contributed by atoms with Crippen molar-refractivity contribution in [2.24, 2.45) is 0 Å². The largest absolute Gasteiger partial charge is 0.462 e. The van der Waals surface area contributed by atoms with E-state index in [4.69, 9.17) is 9.72 Å². The van der Waals surface area contributed by atoms with Crippen LogP contribution in [0, 0.1) is 6.92 Å². The molecule has 0 aliphatic carbocycles. The zero-order chi connectivity index (χ0) is 22.2. The first-order chi connectivity index (χ1) is 15.5. The molecule has 2 aromatic heterocycles. The number of rotatable bonds is 5. The molecule has 0 N–H and O–H groups in total. The van der Waals surface area contributed by atoms with Crippen molar-refractivity contribution in [3.8, 4) is 22.6 Å². The van der Waals surface area contributed by atoms with Crippen molar-refractivity contribution in [2.75, 3.05) is 0 Å². The molecule has 0 unspecified atom stereocenters. The minimum atomic E-state index is -0.246. The Morgan fingerprint density at radius 3 is 2.62 bits per heavy atom. The number of fused-ring (bicyclic) bond motifs is 1. The number of thioether (sulfide) groups is 1. The quantitative estimate of drug-likeness (QED) is 0.390. The SMILES string of the molecule is CCn1c(S[C@H]2C[C@@H](C)OC2=O)nnc1-c1cc(-c2ccc(C)cc2)nc2ccccc12. The molecule has 162 valence electrons. The molecule has 1 fully saturated rings. The zero-order valence-corrected chi connectivity index (χ0v) is 19.1. The molecule has 4 aromatic rings. The van der Waals surface area contributed by atoms with E-state index in [9.17, 15) is 4.79 Å². The van der Waals surface area contributed by atoms with Crippen molar-refractivity contribution in [1.82, 2.24) is 19.7 Å². The number of hydrogen-bond donors (Lipinski definition) is 0. The number of para-hydroxylation sites is 1. The average molecular weight is 445 g/mol. The standard InChI is InChI=1S/C25H24N4O2S/c1-4-29-23(27-28-25(29)32-22-13-16(3)31-24(22)30)19-14-21(17-11-9-15(2)10-12-17)26-20-8-6-5-7-18(19)20/h5-12,14,16,22H,4,13H2,1-3H3/t16-,22+/m1/s1. The molecule has 0 spiro atoms. The van der Waals surface area contributed by atoms with Crippen molar-refractivity contribution < 1.29 is 9.53 Å². The number of nitrogens with zero attached hydrogens (tertiary/aromatic N) is 4. The predicted molar refractivity (Wildman–Crippen MR) is 126 cm³/mol. The van der Waals surface area contributed by atoms with Crippen LogP contribution >= 0.6 is 11.8 Å². The summed E-state index contributed by atoms with van der Waals surface area (Å²) in [5, 5.41) is 10.5. The molecule has 0 saturated carbocycles. The number of pyridine rings is 1. The van der Waals surface area contributed by atoms with E-state index in [0.717, 1.165) is 38.7 Å². The van der Waals surface area contributed by atoms with Gasteiger partial charge in [0.15, 0.2) is 11.0 Å². The lowest BCUT2D eigenvalue weighted by atomic mass is 10.0. The van der Waals surface area contributed by atoms with E-state index in [-0.39, 0.29) is 17.3 Å². The minimum absolute atomic E-state index is 0.0568. The van der Waals surface area contributed by atoms with Gasteiger partial charge in [-0.15, -0.1) is 10.2 Å². The molecule has 1 aliphatic heterocycles. The first kappa shape index (κ1) is 20.7. The lowest BCUT2D eigenvalue weighted by molar-refractivity contribution is -0.140. The predicted octanol–water partition coefficient (Wildman–Crippen LogP) is 5.28. The number of aryl methyl sites for hydroxylation is 1. The molecule has 5 rings (SSSR count). The van der Waals surface area contributed by atoms with Crippen LogP contribution < -0.4 is 0 Å². The first-order valence-electron chi connectivity index (χ1n) is 10.8. The Labute approximate surface area is 191 Å². The third-order valence-corrected chi connectivity index (χ3v) is 6.89. The molecule has 0 radical (unpaired) electrons. The van der Waals surface area contributed by atoms with Gasteiger partial charge in [0, 0.05) is 29.5 Å². The van der Waals surface area contributed by atoms with Crippen LogP contribution in [-0.4, -0.2) is 37.1 Å².